The van der Waals surface area contributed by atoms with Crippen LogP contribution in [0.1, 0.15) is 26.2 Å². The van der Waals surface area contributed by atoms with E-state index >= 15 is 0 Å². The minimum atomic E-state index is -3.84. The van der Waals surface area contributed by atoms with E-state index in [1.165, 1.54) is 36.7 Å². The third kappa shape index (κ3) is 5.29. The highest BCUT2D eigenvalue weighted by Crippen LogP contribution is 2.21. The molecule has 2 aromatic rings. The number of amides is 2. The molecule has 1 fully saturated rings. The first-order chi connectivity index (χ1) is 13.9. The van der Waals surface area contributed by atoms with Crippen LogP contribution in [0.25, 0.3) is 0 Å². The Morgan fingerprint density at radius 1 is 1.21 bits per heavy atom. The zero-order valence-electron chi connectivity index (χ0n) is 16.0. The topological polar surface area (TPSA) is 121 Å². The number of nitrogens with zero attached hydrogens (tertiary/aromatic N) is 3. The number of hydrogen-bond acceptors (Lipinski definition) is 6. The molecule has 1 saturated heterocycles. The third-order valence-corrected chi connectivity index (χ3v) is 5.93. The molecule has 3 rings (SSSR count). The molecule has 29 heavy (non-hydrogen) atoms. The van der Waals surface area contributed by atoms with Crippen LogP contribution < -0.4 is 10.0 Å². The summed E-state index contributed by atoms with van der Waals surface area (Å²) in [5.41, 5.74) is 0.462. The summed E-state index contributed by atoms with van der Waals surface area (Å²) in [6.07, 6.45) is 4.96. The van der Waals surface area contributed by atoms with Crippen molar-refractivity contribution in [1.82, 2.24) is 14.9 Å². The van der Waals surface area contributed by atoms with Crippen molar-refractivity contribution >= 4 is 33.5 Å². The number of anilines is 2. The molecule has 1 aromatic heterocycles. The number of sulfonamides is 1. The van der Waals surface area contributed by atoms with E-state index < -0.39 is 15.9 Å². The summed E-state index contributed by atoms with van der Waals surface area (Å²) < 4.78 is 27.0. The number of likely N-dealkylation sites (tertiary alicyclic amines) is 1. The van der Waals surface area contributed by atoms with Gasteiger partial charge in [-0.1, -0.05) is 13.3 Å². The van der Waals surface area contributed by atoms with E-state index in [4.69, 9.17) is 0 Å². The second kappa shape index (κ2) is 8.99. The number of rotatable bonds is 8. The normalized spacial score (nSPS) is 16.7. The largest absolute Gasteiger partial charge is 0.342 e. The number of unbranched alkanes of at least 4 members (excludes halogenated alkanes) is 1. The van der Waals surface area contributed by atoms with Gasteiger partial charge in [-0.15, -0.1) is 0 Å². The molecule has 0 radical (unpaired) electrons. The van der Waals surface area contributed by atoms with Crippen molar-refractivity contribution < 1.29 is 18.0 Å². The highest BCUT2D eigenvalue weighted by molar-refractivity contribution is 7.92. The van der Waals surface area contributed by atoms with Gasteiger partial charge in [0, 0.05) is 37.6 Å². The first-order valence-corrected chi connectivity index (χ1v) is 10.9. The number of hydrogen-bond donors (Lipinski definition) is 2. The van der Waals surface area contributed by atoms with Gasteiger partial charge in [0.2, 0.25) is 17.8 Å². The average Bonchev–Trinajstić information content (AvgIpc) is 3.08. The second-order valence-electron chi connectivity index (χ2n) is 6.79. The monoisotopic (exact) mass is 417 g/mol. The van der Waals surface area contributed by atoms with E-state index in [1.54, 1.807) is 11.0 Å². The SMILES string of the molecule is CCCCN1C[C@H](C(=O)Nc2ccc(S(=O)(=O)Nc3ncccn3)cc2)CC1=O. The number of benzene rings is 1. The molecule has 1 atom stereocenters. The summed E-state index contributed by atoms with van der Waals surface area (Å²) >= 11 is 0. The zero-order chi connectivity index (χ0) is 20.9. The Morgan fingerprint density at radius 3 is 2.55 bits per heavy atom. The number of nitrogens with one attached hydrogen (secondary N) is 2. The molecule has 2 amide bonds. The van der Waals surface area contributed by atoms with Crippen LogP contribution in [-0.4, -0.2) is 48.2 Å². The molecule has 1 aliphatic heterocycles. The summed E-state index contributed by atoms with van der Waals surface area (Å²) in [6.45, 7) is 3.14. The molecule has 1 aliphatic rings. The van der Waals surface area contributed by atoms with Crippen molar-refractivity contribution in [2.75, 3.05) is 23.1 Å². The fraction of sp³-hybridized carbons (Fsp3) is 0.368. The number of aromatic nitrogens is 2. The Morgan fingerprint density at radius 2 is 1.90 bits per heavy atom. The molecule has 2 N–H and O–H groups in total. The average molecular weight is 417 g/mol. The first kappa shape index (κ1) is 20.7. The lowest BCUT2D eigenvalue weighted by Gasteiger charge is -2.16. The van der Waals surface area contributed by atoms with E-state index in [1.807, 2.05) is 0 Å². The van der Waals surface area contributed by atoms with Gasteiger partial charge >= 0.3 is 0 Å². The smallest absolute Gasteiger partial charge is 0.264 e. The summed E-state index contributed by atoms with van der Waals surface area (Å²) in [7, 11) is -3.84. The van der Waals surface area contributed by atoms with Crippen molar-refractivity contribution in [1.29, 1.82) is 0 Å². The summed E-state index contributed by atoms with van der Waals surface area (Å²) in [5.74, 6) is -0.680. The van der Waals surface area contributed by atoms with Gasteiger partial charge < -0.3 is 10.2 Å². The molecular weight excluding hydrogens is 394 g/mol. The van der Waals surface area contributed by atoms with Gasteiger partial charge in [-0.3, -0.25) is 9.59 Å². The van der Waals surface area contributed by atoms with E-state index in [2.05, 4.69) is 26.9 Å². The highest BCUT2D eigenvalue weighted by Gasteiger charge is 2.33. The second-order valence-corrected chi connectivity index (χ2v) is 8.47. The van der Waals surface area contributed by atoms with Gasteiger partial charge in [0.25, 0.3) is 10.0 Å². The van der Waals surface area contributed by atoms with Crippen LogP contribution in [0.15, 0.2) is 47.6 Å². The quantitative estimate of drug-likeness (QED) is 0.676. The van der Waals surface area contributed by atoms with E-state index in [9.17, 15) is 18.0 Å². The Hall–Kier alpha value is -3.01. The Bertz CT molecular complexity index is 964. The summed E-state index contributed by atoms with van der Waals surface area (Å²) in [4.78, 5) is 33.9. The van der Waals surface area contributed by atoms with Crippen LogP contribution in [0.3, 0.4) is 0 Å². The van der Waals surface area contributed by atoms with E-state index in [0.717, 1.165) is 12.8 Å². The predicted molar refractivity (Wildman–Crippen MR) is 108 cm³/mol. The number of carbonyl (C=O) groups excluding carboxylic acids is 2. The Kier molecular flexibility index (Phi) is 6.42. The van der Waals surface area contributed by atoms with Gasteiger partial charge in [0.15, 0.2) is 0 Å². The van der Waals surface area contributed by atoms with Gasteiger partial charge in [-0.25, -0.2) is 23.1 Å². The lowest BCUT2D eigenvalue weighted by Crippen LogP contribution is -2.29. The molecule has 154 valence electrons. The molecule has 1 aromatic carbocycles. The van der Waals surface area contributed by atoms with Crippen molar-refractivity contribution in [2.24, 2.45) is 5.92 Å². The van der Waals surface area contributed by atoms with Crippen LogP contribution in [0.5, 0.6) is 0 Å². The molecule has 10 heteroatoms. The van der Waals surface area contributed by atoms with Crippen LogP contribution in [0, 0.1) is 5.92 Å². The minimum absolute atomic E-state index is 0.00533. The van der Waals surface area contributed by atoms with Gasteiger partial charge in [-0.2, -0.15) is 0 Å². The third-order valence-electron chi connectivity index (χ3n) is 4.59. The summed E-state index contributed by atoms with van der Waals surface area (Å²) in [5, 5.41) is 2.75. The van der Waals surface area contributed by atoms with Gasteiger partial charge in [0.05, 0.1) is 10.8 Å². The molecule has 2 heterocycles. The van der Waals surface area contributed by atoms with Crippen molar-refractivity contribution in [3.05, 3.63) is 42.7 Å². The molecule has 0 unspecified atom stereocenters. The highest BCUT2D eigenvalue weighted by atomic mass is 32.2. The van der Waals surface area contributed by atoms with Crippen LogP contribution >= 0.6 is 0 Å². The lowest BCUT2D eigenvalue weighted by molar-refractivity contribution is -0.128. The number of carbonyl (C=O) groups is 2. The standard InChI is InChI=1S/C19H23N5O4S/c1-2-3-11-24-13-14(12-17(24)25)18(26)22-15-5-7-16(8-6-15)29(27,28)23-19-20-9-4-10-21-19/h4-10,14H,2-3,11-13H2,1H3,(H,22,26)(H,20,21,23)/t14-/m1/s1. The van der Waals surface area contributed by atoms with Gasteiger partial charge in [0.1, 0.15) is 0 Å². The van der Waals surface area contributed by atoms with Crippen LogP contribution in [-0.2, 0) is 19.6 Å². The van der Waals surface area contributed by atoms with Crippen molar-refractivity contribution in [3.63, 3.8) is 0 Å². The maximum atomic E-state index is 12.5. The molecule has 9 nitrogen and oxygen atoms in total. The van der Waals surface area contributed by atoms with Crippen molar-refractivity contribution in [2.45, 2.75) is 31.1 Å². The first-order valence-electron chi connectivity index (χ1n) is 9.37. The zero-order valence-corrected chi connectivity index (χ0v) is 16.9. The van der Waals surface area contributed by atoms with E-state index in [0.29, 0.717) is 18.8 Å². The molecule has 0 bridgehead atoms. The fourth-order valence-electron chi connectivity index (χ4n) is 3.01. The minimum Gasteiger partial charge on any atom is -0.342 e. The molecular formula is C19H23N5O4S. The Labute approximate surface area is 169 Å². The van der Waals surface area contributed by atoms with Crippen molar-refractivity contribution in [3.8, 4) is 0 Å². The lowest BCUT2D eigenvalue weighted by atomic mass is 10.1. The van der Waals surface area contributed by atoms with Crippen LogP contribution in [0.2, 0.25) is 0 Å². The maximum Gasteiger partial charge on any atom is 0.264 e. The fourth-order valence-corrected chi connectivity index (χ4v) is 3.96. The molecule has 0 spiro atoms. The van der Waals surface area contributed by atoms with E-state index in [-0.39, 0.29) is 29.1 Å². The molecule has 0 aliphatic carbocycles. The molecule has 0 saturated carbocycles. The summed E-state index contributed by atoms with van der Waals surface area (Å²) in [6, 6.07) is 7.35. The van der Waals surface area contributed by atoms with Crippen LogP contribution in [0.4, 0.5) is 11.6 Å². The maximum absolute atomic E-state index is 12.5. The van der Waals surface area contributed by atoms with Gasteiger partial charge in [-0.05, 0) is 36.8 Å². The predicted octanol–water partition coefficient (Wildman–Crippen LogP) is 1.86. The Balaban J connectivity index is 1.60.